The highest BCUT2D eigenvalue weighted by atomic mass is 16.4. The van der Waals surface area contributed by atoms with Crippen LogP contribution in [0.3, 0.4) is 0 Å². The molecule has 1 aliphatic carbocycles. The number of urea groups is 1. The molecular formula is C21H29N3O4. The van der Waals surface area contributed by atoms with Crippen LogP contribution >= 0.6 is 0 Å². The van der Waals surface area contributed by atoms with Gasteiger partial charge in [0.25, 0.3) is 0 Å². The molecule has 3 rings (SSSR count). The van der Waals surface area contributed by atoms with Crippen LogP contribution in [0.4, 0.5) is 10.5 Å². The molecule has 152 valence electrons. The Bertz CT molecular complexity index is 715. The van der Waals surface area contributed by atoms with Gasteiger partial charge in [-0.15, -0.1) is 0 Å². The quantitative estimate of drug-likeness (QED) is 0.699. The Hall–Kier alpha value is -2.57. The van der Waals surface area contributed by atoms with Gasteiger partial charge in [-0.1, -0.05) is 25.0 Å². The van der Waals surface area contributed by atoms with Crippen molar-refractivity contribution >= 4 is 23.6 Å². The molecule has 3 amide bonds. The minimum absolute atomic E-state index is 0.0555. The minimum Gasteiger partial charge on any atom is -0.481 e. The average Bonchev–Trinajstić information content (AvgIpc) is 3.20. The number of amides is 3. The Balaban J connectivity index is 1.53. The van der Waals surface area contributed by atoms with E-state index in [0.29, 0.717) is 25.2 Å². The van der Waals surface area contributed by atoms with Gasteiger partial charge < -0.3 is 20.6 Å². The van der Waals surface area contributed by atoms with Gasteiger partial charge in [-0.25, -0.2) is 4.79 Å². The van der Waals surface area contributed by atoms with Crippen molar-refractivity contribution in [3.8, 4) is 0 Å². The maximum atomic E-state index is 12.7. The van der Waals surface area contributed by atoms with E-state index in [2.05, 4.69) is 10.6 Å². The first kappa shape index (κ1) is 20.2. The third-order valence-corrected chi connectivity index (χ3v) is 5.58. The van der Waals surface area contributed by atoms with Crippen LogP contribution in [0.2, 0.25) is 0 Å². The van der Waals surface area contributed by atoms with E-state index < -0.39 is 5.97 Å². The smallest absolute Gasteiger partial charge is 0.317 e. The fourth-order valence-electron chi connectivity index (χ4n) is 4.01. The van der Waals surface area contributed by atoms with E-state index in [1.807, 2.05) is 18.2 Å². The number of benzene rings is 1. The summed E-state index contributed by atoms with van der Waals surface area (Å²) < 4.78 is 0. The van der Waals surface area contributed by atoms with Crippen molar-refractivity contribution in [2.45, 2.75) is 57.4 Å². The maximum absolute atomic E-state index is 12.7. The van der Waals surface area contributed by atoms with Crippen molar-refractivity contribution in [2.75, 3.05) is 18.4 Å². The summed E-state index contributed by atoms with van der Waals surface area (Å²) >= 11 is 0. The average molecular weight is 387 g/mol. The van der Waals surface area contributed by atoms with Gasteiger partial charge >= 0.3 is 12.0 Å². The molecule has 1 saturated carbocycles. The predicted octanol–water partition coefficient (Wildman–Crippen LogP) is 3.01. The number of hydrogen-bond donors (Lipinski definition) is 3. The zero-order valence-corrected chi connectivity index (χ0v) is 16.2. The second-order valence-corrected chi connectivity index (χ2v) is 7.80. The molecule has 2 fully saturated rings. The molecule has 1 unspecified atom stereocenters. The second-order valence-electron chi connectivity index (χ2n) is 7.80. The van der Waals surface area contributed by atoms with Crippen molar-refractivity contribution in [2.24, 2.45) is 5.92 Å². The Morgan fingerprint density at radius 2 is 1.89 bits per heavy atom. The van der Waals surface area contributed by atoms with Crippen LogP contribution in [0, 0.1) is 5.92 Å². The van der Waals surface area contributed by atoms with Crippen LogP contribution in [-0.2, 0) is 16.0 Å². The predicted molar refractivity (Wildman–Crippen MR) is 106 cm³/mol. The van der Waals surface area contributed by atoms with E-state index in [0.717, 1.165) is 31.2 Å². The molecule has 0 spiro atoms. The van der Waals surface area contributed by atoms with Crippen LogP contribution in [0.5, 0.6) is 0 Å². The van der Waals surface area contributed by atoms with E-state index in [-0.39, 0.29) is 30.3 Å². The molecule has 0 bridgehead atoms. The molecule has 7 heteroatoms. The zero-order valence-electron chi connectivity index (χ0n) is 16.2. The minimum atomic E-state index is -0.840. The molecule has 1 aromatic carbocycles. The fraction of sp³-hybridized carbons (Fsp3) is 0.571. The summed E-state index contributed by atoms with van der Waals surface area (Å²) in [6, 6.07) is 7.50. The molecule has 2 aliphatic rings. The number of carbonyl (C=O) groups excluding carboxylic acids is 2. The number of aliphatic carboxylic acids is 1. The van der Waals surface area contributed by atoms with E-state index in [1.54, 1.807) is 11.0 Å². The molecule has 7 nitrogen and oxygen atoms in total. The van der Waals surface area contributed by atoms with E-state index in [4.69, 9.17) is 5.11 Å². The summed E-state index contributed by atoms with van der Waals surface area (Å²) in [6.07, 6.45) is 6.49. The first-order valence-electron chi connectivity index (χ1n) is 10.2. The lowest BCUT2D eigenvalue weighted by atomic mass is 9.97. The summed E-state index contributed by atoms with van der Waals surface area (Å²) in [4.78, 5) is 37.7. The van der Waals surface area contributed by atoms with Gasteiger partial charge in [0.15, 0.2) is 0 Å². The molecule has 0 radical (unpaired) electrons. The Morgan fingerprint density at radius 1 is 1.11 bits per heavy atom. The summed E-state index contributed by atoms with van der Waals surface area (Å²) in [6.45, 7) is 1.12. The van der Waals surface area contributed by atoms with Gasteiger partial charge in [-0.2, -0.15) is 0 Å². The lowest BCUT2D eigenvalue weighted by Crippen LogP contribution is -2.49. The van der Waals surface area contributed by atoms with Gasteiger partial charge in [0.05, 0.1) is 5.92 Å². The molecular weight excluding hydrogens is 358 g/mol. The van der Waals surface area contributed by atoms with Gasteiger partial charge in [-0.3, -0.25) is 9.59 Å². The lowest BCUT2D eigenvalue weighted by molar-refractivity contribution is -0.137. The topological polar surface area (TPSA) is 98.7 Å². The molecule has 0 aromatic heterocycles. The summed E-state index contributed by atoms with van der Waals surface area (Å²) in [5.41, 5.74) is 1.54. The first-order valence-corrected chi connectivity index (χ1v) is 10.2. The molecule has 1 saturated heterocycles. The van der Waals surface area contributed by atoms with Crippen LogP contribution in [0.25, 0.3) is 0 Å². The Labute approximate surface area is 165 Å². The number of carbonyl (C=O) groups is 3. The molecule has 3 N–H and O–H groups in total. The molecule has 1 atom stereocenters. The van der Waals surface area contributed by atoms with Gasteiger partial charge in [0, 0.05) is 31.2 Å². The number of piperidine rings is 1. The van der Waals surface area contributed by atoms with Crippen LogP contribution in [-0.4, -0.2) is 47.0 Å². The third-order valence-electron chi connectivity index (χ3n) is 5.58. The van der Waals surface area contributed by atoms with E-state index in [1.165, 1.54) is 12.8 Å². The van der Waals surface area contributed by atoms with Crippen LogP contribution in [0.15, 0.2) is 24.3 Å². The summed E-state index contributed by atoms with van der Waals surface area (Å²) in [7, 11) is 0. The van der Waals surface area contributed by atoms with E-state index in [9.17, 15) is 14.4 Å². The fourth-order valence-corrected chi connectivity index (χ4v) is 4.01. The number of carboxylic acid groups (broad SMARTS) is 1. The van der Waals surface area contributed by atoms with Gasteiger partial charge in [-0.05, 0) is 49.8 Å². The zero-order chi connectivity index (χ0) is 19.9. The SMILES string of the molecule is O=C(O)CCc1cccc(NC(=O)C2CCCN(C(=O)NC3CCCC3)C2)c1. The Morgan fingerprint density at radius 3 is 2.64 bits per heavy atom. The maximum Gasteiger partial charge on any atom is 0.317 e. The second kappa shape index (κ2) is 9.57. The number of nitrogens with one attached hydrogen (secondary N) is 2. The normalized spacial score (nSPS) is 20.0. The summed E-state index contributed by atoms with van der Waals surface area (Å²) in [5, 5.41) is 14.8. The number of likely N-dealkylation sites (tertiary alicyclic amines) is 1. The monoisotopic (exact) mass is 387 g/mol. The van der Waals surface area contributed by atoms with Crippen LogP contribution < -0.4 is 10.6 Å². The molecule has 1 aromatic rings. The number of aryl methyl sites for hydroxylation is 1. The number of rotatable bonds is 6. The standard InChI is InChI=1S/C21H29N3O4/c25-19(26)11-10-15-5-3-9-18(13-15)22-20(27)16-6-4-12-24(14-16)21(28)23-17-7-1-2-8-17/h3,5,9,13,16-17H,1-2,4,6-8,10-12,14H2,(H,22,27)(H,23,28)(H,25,26). The largest absolute Gasteiger partial charge is 0.481 e. The number of hydrogen-bond acceptors (Lipinski definition) is 3. The number of carboxylic acids is 1. The van der Waals surface area contributed by atoms with Crippen molar-refractivity contribution in [3.05, 3.63) is 29.8 Å². The number of nitrogens with zero attached hydrogens (tertiary/aromatic N) is 1. The molecule has 1 heterocycles. The van der Waals surface area contributed by atoms with Gasteiger partial charge in [0.2, 0.25) is 5.91 Å². The van der Waals surface area contributed by atoms with Crippen molar-refractivity contribution in [3.63, 3.8) is 0 Å². The van der Waals surface area contributed by atoms with E-state index >= 15 is 0 Å². The van der Waals surface area contributed by atoms with Crippen molar-refractivity contribution in [1.29, 1.82) is 0 Å². The highest BCUT2D eigenvalue weighted by Crippen LogP contribution is 2.22. The first-order chi connectivity index (χ1) is 13.5. The molecule has 1 aliphatic heterocycles. The third kappa shape index (κ3) is 5.71. The highest BCUT2D eigenvalue weighted by molar-refractivity contribution is 5.93. The highest BCUT2D eigenvalue weighted by Gasteiger charge is 2.29. The van der Waals surface area contributed by atoms with Gasteiger partial charge in [0.1, 0.15) is 0 Å². The number of anilines is 1. The van der Waals surface area contributed by atoms with Crippen LogP contribution in [0.1, 0.15) is 50.5 Å². The molecule has 28 heavy (non-hydrogen) atoms. The Kier molecular flexibility index (Phi) is 6.90. The lowest BCUT2D eigenvalue weighted by Gasteiger charge is -2.33. The van der Waals surface area contributed by atoms with Crippen molar-refractivity contribution < 1.29 is 19.5 Å². The summed E-state index contributed by atoms with van der Waals surface area (Å²) in [5.74, 6) is -1.16. The van der Waals surface area contributed by atoms with Crippen molar-refractivity contribution in [1.82, 2.24) is 10.2 Å².